The molecule has 0 aliphatic rings. The molecule has 0 heterocycles. The Bertz CT molecular complexity index is 907. The number of benzene rings is 3. The van der Waals surface area contributed by atoms with Crippen LogP contribution in [0.25, 0.3) is 0 Å². The fraction of sp³-hybridized carbons (Fsp3) is 0. The topological polar surface area (TPSA) is 75.7 Å². The van der Waals surface area contributed by atoms with Gasteiger partial charge in [-0.25, -0.2) is 0 Å². The summed E-state index contributed by atoms with van der Waals surface area (Å²) in [5.74, 6) is 0.191. The van der Waals surface area contributed by atoms with Crippen LogP contribution in [0.15, 0.2) is 87.6 Å². The maximum Gasteiger partial charge on any atom is 0.269 e. The summed E-state index contributed by atoms with van der Waals surface area (Å²) in [6, 6.07) is 21.1. The molecule has 0 saturated carbocycles. The lowest BCUT2D eigenvalue weighted by Gasteiger charge is -2.02. The van der Waals surface area contributed by atoms with E-state index < -0.39 is 4.92 Å². The molecule has 0 aromatic heterocycles. The number of para-hydroxylation sites is 1. The molecule has 0 atom stereocenters. The van der Waals surface area contributed by atoms with E-state index in [1.54, 1.807) is 36.5 Å². The predicted molar refractivity (Wildman–Crippen MR) is 99.0 cm³/mol. The Balaban J connectivity index is 1.68. The minimum atomic E-state index is -0.411. The third-order valence-electron chi connectivity index (χ3n) is 3.41. The van der Waals surface area contributed by atoms with Crippen molar-refractivity contribution in [1.29, 1.82) is 0 Å². The van der Waals surface area contributed by atoms with Crippen LogP contribution in [0.3, 0.4) is 0 Å². The predicted octanol–water partition coefficient (Wildman–Crippen LogP) is 5.20. The zero-order valence-electron chi connectivity index (χ0n) is 13.1. The van der Waals surface area contributed by atoms with Crippen molar-refractivity contribution in [3.05, 3.63) is 88.5 Å². The summed E-state index contributed by atoms with van der Waals surface area (Å²) in [5, 5.41) is 20.4. The van der Waals surface area contributed by atoms with Crippen LogP contribution in [0.4, 0.5) is 11.4 Å². The Hall–Kier alpha value is -3.12. The van der Waals surface area contributed by atoms with E-state index >= 15 is 0 Å². The number of non-ortho nitro benzene ring substituents is 1. The highest BCUT2D eigenvalue weighted by atomic mass is 32.2. The maximum absolute atomic E-state index is 10.7. The molecule has 3 rings (SSSR count). The lowest BCUT2D eigenvalue weighted by molar-refractivity contribution is -0.384. The van der Waals surface area contributed by atoms with E-state index in [2.05, 4.69) is 4.99 Å². The van der Waals surface area contributed by atoms with Gasteiger partial charge < -0.3 is 5.11 Å². The Morgan fingerprint density at radius 1 is 0.920 bits per heavy atom. The third-order valence-corrected chi connectivity index (χ3v) is 4.43. The number of aromatic hydroxyl groups is 1. The number of nitrogens with zero attached hydrogens (tertiary/aromatic N) is 2. The van der Waals surface area contributed by atoms with E-state index in [-0.39, 0.29) is 11.4 Å². The monoisotopic (exact) mass is 350 g/mol. The Morgan fingerprint density at radius 2 is 1.52 bits per heavy atom. The number of phenols is 1. The average molecular weight is 350 g/mol. The first-order valence-corrected chi connectivity index (χ1v) is 8.28. The number of hydrogen-bond donors (Lipinski definition) is 1. The van der Waals surface area contributed by atoms with Gasteiger partial charge in [0, 0.05) is 33.7 Å². The number of rotatable bonds is 5. The van der Waals surface area contributed by atoms with Crippen LogP contribution in [0.2, 0.25) is 0 Å². The summed E-state index contributed by atoms with van der Waals surface area (Å²) in [5.41, 5.74) is 1.52. The minimum absolute atomic E-state index is 0.0817. The standard InChI is InChI=1S/C19H14N2O3S/c22-19-4-2-1-3-14(19)13-20-15-5-9-17(10-6-15)25-18-11-7-16(8-12-18)21(23)24/h1-13,22H. The third kappa shape index (κ3) is 4.45. The van der Waals surface area contributed by atoms with E-state index in [4.69, 9.17) is 0 Å². The van der Waals surface area contributed by atoms with Crippen molar-refractivity contribution >= 4 is 29.4 Å². The molecule has 5 nitrogen and oxygen atoms in total. The van der Waals surface area contributed by atoms with Gasteiger partial charge in [0.1, 0.15) is 5.75 Å². The molecular weight excluding hydrogens is 336 g/mol. The molecule has 25 heavy (non-hydrogen) atoms. The van der Waals surface area contributed by atoms with Crippen molar-refractivity contribution in [2.24, 2.45) is 4.99 Å². The van der Waals surface area contributed by atoms with E-state index in [1.807, 2.05) is 30.3 Å². The summed E-state index contributed by atoms with van der Waals surface area (Å²) in [6.45, 7) is 0. The largest absolute Gasteiger partial charge is 0.507 e. The van der Waals surface area contributed by atoms with Crippen molar-refractivity contribution < 1.29 is 10.0 Å². The van der Waals surface area contributed by atoms with Gasteiger partial charge in [-0.05, 0) is 48.5 Å². The number of nitro benzene ring substituents is 1. The Kier molecular flexibility index (Phi) is 5.11. The fourth-order valence-electron chi connectivity index (χ4n) is 2.11. The van der Waals surface area contributed by atoms with Crippen molar-refractivity contribution in [1.82, 2.24) is 0 Å². The van der Waals surface area contributed by atoms with Gasteiger partial charge in [-0.1, -0.05) is 23.9 Å². The normalized spacial score (nSPS) is 10.9. The number of phenolic OH excluding ortho intramolecular Hbond substituents is 1. The van der Waals surface area contributed by atoms with Crippen molar-refractivity contribution in [2.45, 2.75) is 9.79 Å². The molecule has 0 radical (unpaired) electrons. The Labute approximate surface area is 148 Å². The lowest BCUT2D eigenvalue weighted by Crippen LogP contribution is -1.86. The second-order valence-electron chi connectivity index (χ2n) is 5.16. The maximum atomic E-state index is 10.7. The van der Waals surface area contributed by atoms with Gasteiger partial charge in [0.15, 0.2) is 0 Å². The van der Waals surface area contributed by atoms with Crippen LogP contribution in [-0.4, -0.2) is 16.2 Å². The van der Waals surface area contributed by atoms with Crippen LogP contribution >= 0.6 is 11.8 Å². The average Bonchev–Trinajstić information content (AvgIpc) is 2.63. The summed E-state index contributed by atoms with van der Waals surface area (Å²) in [7, 11) is 0. The molecule has 0 bridgehead atoms. The van der Waals surface area contributed by atoms with E-state index in [9.17, 15) is 15.2 Å². The van der Waals surface area contributed by atoms with Gasteiger partial charge in [-0.3, -0.25) is 15.1 Å². The molecule has 6 heteroatoms. The second kappa shape index (κ2) is 7.63. The molecule has 0 aliphatic heterocycles. The van der Waals surface area contributed by atoms with Gasteiger partial charge in [-0.15, -0.1) is 0 Å². The molecule has 0 unspecified atom stereocenters. The molecule has 124 valence electrons. The van der Waals surface area contributed by atoms with Crippen LogP contribution in [0.5, 0.6) is 5.75 Å². The van der Waals surface area contributed by atoms with Crippen LogP contribution in [0.1, 0.15) is 5.56 Å². The molecule has 3 aromatic carbocycles. The first-order chi connectivity index (χ1) is 12.1. The minimum Gasteiger partial charge on any atom is -0.507 e. The highest BCUT2D eigenvalue weighted by Crippen LogP contribution is 2.30. The highest BCUT2D eigenvalue weighted by Gasteiger charge is 2.05. The van der Waals surface area contributed by atoms with Crippen molar-refractivity contribution in [2.75, 3.05) is 0 Å². The van der Waals surface area contributed by atoms with Crippen LogP contribution in [0, 0.1) is 10.1 Å². The SMILES string of the molecule is O=[N+]([O-])c1ccc(Sc2ccc(N=Cc3ccccc3O)cc2)cc1. The van der Waals surface area contributed by atoms with Crippen molar-refractivity contribution in [3.63, 3.8) is 0 Å². The molecule has 0 fully saturated rings. The summed E-state index contributed by atoms with van der Waals surface area (Å²) < 4.78 is 0. The molecular formula is C19H14N2O3S. The lowest BCUT2D eigenvalue weighted by atomic mass is 10.2. The molecule has 3 aromatic rings. The summed E-state index contributed by atoms with van der Waals surface area (Å²) >= 11 is 1.52. The van der Waals surface area contributed by atoms with Crippen LogP contribution < -0.4 is 0 Å². The van der Waals surface area contributed by atoms with E-state index in [1.165, 1.54) is 23.9 Å². The smallest absolute Gasteiger partial charge is 0.269 e. The van der Waals surface area contributed by atoms with Gasteiger partial charge in [0.05, 0.1) is 10.6 Å². The van der Waals surface area contributed by atoms with Gasteiger partial charge in [0.25, 0.3) is 5.69 Å². The molecule has 1 N–H and O–H groups in total. The number of hydrogen-bond acceptors (Lipinski definition) is 5. The van der Waals surface area contributed by atoms with Crippen molar-refractivity contribution in [3.8, 4) is 5.75 Å². The van der Waals surface area contributed by atoms with E-state index in [0.29, 0.717) is 5.56 Å². The summed E-state index contributed by atoms with van der Waals surface area (Å²) in [4.78, 5) is 16.5. The van der Waals surface area contributed by atoms with E-state index in [0.717, 1.165) is 15.5 Å². The number of aliphatic imine (C=N–C) groups is 1. The van der Waals surface area contributed by atoms with Gasteiger partial charge >= 0.3 is 0 Å². The molecule has 0 spiro atoms. The molecule has 0 saturated heterocycles. The zero-order valence-corrected chi connectivity index (χ0v) is 13.9. The quantitative estimate of drug-likeness (QED) is 0.390. The van der Waals surface area contributed by atoms with Crippen LogP contribution in [-0.2, 0) is 0 Å². The number of nitro groups is 1. The molecule has 0 amide bonds. The second-order valence-corrected chi connectivity index (χ2v) is 6.31. The highest BCUT2D eigenvalue weighted by molar-refractivity contribution is 7.99. The van der Waals surface area contributed by atoms with Gasteiger partial charge in [0.2, 0.25) is 0 Å². The molecule has 0 aliphatic carbocycles. The first kappa shape index (κ1) is 16.7. The zero-order chi connectivity index (χ0) is 17.6. The van der Waals surface area contributed by atoms with Gasteiger partial charge in [-0.2, -0.15) is 0 Å². The first-order valence-electron chi connectivity index (χ1n) is 7.46. The Morgan fingerprint density at radius 3 is 2.12 bits per heavy atom. The summed E-state index contributed by atoms with van der Waals surface area (Å²) in [6.07, 6.45) is 1.62. The fourth-order valence-corrected chi connectivity index (χ4v) is 2.93.